The number of halogens is 3. The number of hydrogen-bond donors (Lipinski definition) is 1. The van der Waals surface area contributed by atoms with Crippen molar-refractivity contribution in [3.05, 3.63) is 29.3 Å². The van der Waals surface area contributed by atoms with E-state index in [0.717, 1.165) is 31.0 Å². The highest BCUT2D eigenvalue weighted by Crippen LogP contribution is 2.39. The van der Waals surface area contributed by atoms with E-state index in [0.29, 0.717) is 6.04 Å². The lowest BCUT2D eigenvalue weighted by Crippen LogP contribution is -2.28. The molecule has 0 bridgehead atoms. The molecule has 2 N–H and O–H groups in total. The molecule has 2 nitrogen and oxygen atoms in total. The van der Waals surface area contributed by atoms with Gasteiger partial charge in [0.1, 0.15) is 0 Å². The molecule has 0 heterocycles. The molecule has 5 heteroatoms. The van der Waals surface area contributed by atoms with E-state index in [9.17, 15) is 13.2 Å². The van der Waals surface area contributed by atoms with Crippen LogP contribution in [0.3, 0.4) is 0 Å². The maximum atomic E-state index is 12.9. The molecule has 2 fully saturated rings. The summed E-state index contributed by atoms with van der Waals surface area (Å²) in [5.41, 5.74) is 5.98. The largest absolute Gasteiger partial charge is 0.416 e. The van der Waals surface area contributed by atoms with Crippen LogP contribution in [0.5, 0.6) is 0 Å². The molecule has 0 radical (unpaired) electrons. The number of rotatable bonds is 5. The highest BCUT2D eigenvalue weighted by molar-refractivity contribution is 5.53. The smallest absolute Gasteiger partial charge is 0.368 e. The van der Waals surface area contributed by atoms with Crippen molar-refractivity contribution >= 4 is 5.69 Å². The molecule has 0 aliphatic heterocycles. The van der Waals surface area contributed by atoms with Gasteiger partial charge in [-0.2, -0.15) is 13.2 Å². The topological polar surface area (TPSA) is 29.3 Å². The molecule has 3 rings (SSSR count). The van der Waals surface area contributed by atoms with Crippen LogP contribution in [-0.2, 0) is 12.7 Å². The minimum Gasteiger partial charge on any atom is -0.368 e. The Balaban J connectivity index is 1.88. The molecular formula is C15H19F3N2. The predicted octanol–water partition coefficient (Wildman–Crippen LogP) is 3.54. The van der Waals surface area contributed by atoms with Crippen LogP contribution in [0.25, 0.3) is 0 Å². The molecule has 2 aliphatic carbocycles. The Labute approximate surface area is 116 Å². The van der Waals surface area contributed by atoms with E-state index in [-0.39, 0.29) is 12.1 Å². The Morgan fingerprint density at radius 2 is 1.85 bits per heavy atom. The van der Waals surface area contributed by atoms with Crippen molar-refractivity contribution in [1.82, 2.24) is 0 Å². The average molecular weight is 284 g/mol. The van der Waals surface area contributed by atoms with Gasteiger partial charge in [-0.3, -0.25) is 0 Å². The summed E-state index contributed by atoms with van der Waals surface area (Å²) in [5, 5.41) is 0. The van der Waals surface area contributed by atoms with E-state index in [1.807, 2.05) is 0 Å². The van der Waals surface area contributed by atoms with Crippen molar-refractivity contribution in [1.29, 1.82) is 0 Å². The molecule has 110 valence electrons. The molecule has 0 spiro atoms. The molecule has 0 atom stereocenters. The first-order valence-corrected chi connectivity index (χ1v) is 7.16. The number of hydrogen-bond acceptors (Lipinski definition) is 2. The van der Waals surface area contributed by atoms with Crippen molar-refractivity contribution < 1.29 is 13.2 Å². The second kappa shape index (κ2) is 4.95. The standard InChI is InChI=1S/C15H19F3N2/c16-15(17,18)14-6-5-13(7-11(14)8-19)20(12-3-4-12)9-10-1-2-10/h5-7,10,12H,1-4,8-9,19H2. The van der Waals surface area contributed by atoms with Gasteiger partial charge in [0.25, 0.3) is 0 Å². The van der Waals surface area contributed by atoms with Crippen molar-refractivity contribution in [2.75, 3.05) is 11.4 Å². The number of benzene rings is 1. The van der Waals surface area contributed by atoms with Crippen LogP contribution in [0.2, 0.25) is 0 Å². The van der Waals surface area contributed by atoms with Crippen LogP contribution in [-0.4, -0.2) is 12.6 Å². The molecule has 2 aliphatic rings. The van der Waals surface area contributed by atoms with Gasteiger partial charge in [0.2, 0.25) is 0 Å². The van der Waals surface area contributed by atoms with Gasteiger partial charge in [-0.25, -0.2) is 0 Å². The third-order valence-corrected chi connectivity index (χ3v) is 4.09. The zero-order chi connectivity index (χ0) is 14.3. The van der Waals surface area contributed by atoms with Crippen LogP contribution in [0.15, 0.2) is 18.2 Å². The molecule has 2 saturated carbocycles. The minimum atomic E-state index is -4.33. The summed E-state index contributed by atoms with van der Waals surface area (Å²) in [5.74, 6) is 0.721. The molecule has 1 aromatic carbocycles. The molecule has 0 unspecified atom stereocenters. The van der Waals surface area contributed by atoms with Gasteiger partial charge < -0.3 is 10.6 Å². The quantitative estimate of drug-likeness (QED) is 0.896. The number of anilines is 1. The second-order valence-electron chi connectivity index (χ2n) is 5.87. The van der Waals surface area contributed by atoms with Crippen LogP contribution in [0.1, 0.15) is 36.8 Å². The van der Waals surface area contributed by atoms with Crippen molar-refractivity contribution in [2.45, 2.75) is 44.4 Å². The van der Waals surface area contributed by atoms with Crippen LogP contribution < -0.4 is 10.6 Å². The van der Waals surface area contributed by atoms with Gasteiger partial charge in [-0.05, 0) is 55.4 Å². The van der Waals surface area contributed by atoms with Gasteiger partial charge >= 0.3 is 6.18 Å². The Bertz CT molecular complexity index is 490. The van der Waals surface area contributed by atoms with Gasteiger partial charge in [0, 0.05) is 24.8 Å². The van der Waals surface area contributed by atoms with Crippen molar-refractivity contribution in [2.24, 2.45) is 11.7 Å². The summed E-state index contributed by atoms with van der Waals surface area (Å²) < 4.78 is 38.7. The Morgan fingerprint density at radius 3 is 2.35 bits per heavy atom. The van der Waals surface area contributed by atoms with Crippen LogP contribution in [0.4, 0.5) is 18.9 Å². The third kappa shape index (κ3) is 2.92. The summed E-state index contributed by atoms with van der Waals surface area (Å²) in [4.78, 5) is 2.27. The fraction of sp³-hybridized carbons (Fsp3) is 0.600. The molecule has 0 saturated heterocycles. The van der Waals surface area contributed by atoms with Gasteiger partial charge in [-0.15, -0.1) is 0 Å². The average Bonchev–Trinajstić information content (AvgIpc) is 3.26. The third-order valence-electron chi connectivity index (χ3n) is 4.09. The molecule has 1 aromatic rings. The minimum absolute atomic E-state index is 0.0788. The zero-order valence-electron chi connectivity index (χ0n) is 11.3. The van der Waals surface area contributed by atoms with E-state index in [1.54, 1.807) is 12.1 Å². The van der Waals surface area contributed by atoms with Crippen molar-refractivity contribution in [3.63, 3.8) is 0 Å². The number of nitrogens with zero attached hydrogens (tertiary/aromatic N) is 1. The predicted molar refractivity (Wildman–Crippen MR) is 72.4 cm³/mol. The fourth-order valence-electron chi connectivity index (χ4n) is 2.63. The van der Waals surface area contributed by atoms with E-state index >= 15 is 0 Å². The Kier molecular flexibility index (Phi) is 3.40. The molecular weight excluding hydrogens is 265 g/mol. The fourth-order valence-corrected chi connectivity index (χ4v) is 2.63. The summed E-state index contributed by atoms with van der Waals surface area (Å²) in [6.45, 7) is 0.894. The van der Waals surface area contributed by atoms with Crippen LogP contribution in [0, 0.1) is 5.92 Å². The second-order valence-corrected chi connectivity index (χ2v) is 5.87. The van der Waals surface area contributed by atoms with E-state index in [2.05, 4.69) is 4.90 Å². The lowest BCUT2D eigenvalue weighted by Gasteiger charge is -2.26. The van der Waals surface area contributed by atoms with Gasteiger partial charge in [0.05, 0.1) is 5.56 Å². The summed E-state index contributed by atoms with van der Waals surface area (Å²) in [7, 11) is 0. The SMILES string of the molecule is NCc1cc(N(CC2CC2)C2CC2)ccc1C(F)(F)F. The molecule has 0 amide bonds. The first-order chi connectivity index (χ1) is 9.49. The zero-order valence-corrected chi connectivity index (χ0v) is 11.3. The summed E-state index contributed by atoms with van der Waals surface area (Å²) in [6, 6.07) is 4.92. The monoisotopic (exact) mass is 284 g/mol. The Morgan fingerprint density at radius 1 is 1.15 bits per heavy atom. The summed E-state index contributed by atoms with van der Waals surface area (Å²) in [6.07, 6.45) is 0.451. The highest BCUT2D eigenvalue weighted by Gasteiger charge is 2.36. The number of alkyl halides is 3. The van der Waals surface area contributed by atoms with Crippen LogP contribution >= 0.6 is 0 Å². The first-order valence-electron chi connectivity index (χ1n) is 7.16. The normalized spacial score (nSPS) is 19.2. The van der Waals surface area contributed by atoms with Gasteiger partial charge in [0.15, 0.2) is 0 Å². The lowest BCUT2D eigenvalue weighted by molar-refractivity contribution is -0.138. The van der Waals surface area contributed by atoms with Crippen molar-refractivity contribution in [3.8, 4) is 0 Å². The maximum absolute atomic E-state index is 12.9. The van der Waals surface area contributed by atoms with E-state index in [1.165, 1.54) is 18.9 Å². The first kappa shape index (κ1) is 13.7. The molecule has 20 heavy (non-hydrogen) atoms. The van der Waals surface area contributed by atoms with Gasteiger partial charge in [-0.1, -0.05) is 0 Å². The molecule has 0 aromatic heterocycles. The maximum Gasteiger partial charge on any atom is 0.416 e. The highest BCUT2D eigenvalue weighted by atomic mass is 19.4. The number of nitrogens with two attached hydrogens (primary N) is 1. The summed E-state index contributed by atoms with van der Waals surface area (Å²) >= 11 is 0. The lowest BCUT2D eigenvalue weighted by atomic mass is 10.1. The Hall–Kier alpha value is -1.23. The van der Waals surface area contributed by atoms with E-state index in [4.69, 9.17) is 5.73 Å². The van der Waals surface area contributed by atoms with E-state index < -0.39 is 11.7 Å².